The number of benzene rings is 3. The zero-order chi connectivity index (χ0) is 18.9. The van der Waals surface area contributed by atoms with E-state index in [4.69, 9.17) is 0 Å². The molecule has 0 heteroatoms. The minimum absolute atomic E-state index is 1.10. The highest BCUT2D eigenvalue weighted by Crippen LogP contribution is 2.35. The van der Waals surface area contributed by atoms with Crippen molar-refractivity contribution in [1.29, 1.82) is 0 Å². The fraction of sp³-hybridized carbons (Fsp3) is 0.280. The molecule has 0 fully saturated rings. The summed E-state index contributed by atoms with van der Waals surface area (Å²) >= 11 is 0. The van der Waals surface area contributed by atoms with E-state index < -0.39 is 0 Å². The van der Waals surface area contributed by atoms with Crippen molar-refractivity contribution in [2.45, 2.75) is 48.0 Å². The third-order valence-electron chi connectivity index (χ3n) is 3.37. The van der Waals surface area contributed by atoms with Gasteiger partial charge in [-0.3, -0.25) is 0 Å². The molecule has 0 aliphatic heterocycles. The SMILES string of the molecule is CC.CC.CC.c1ccc2c(c1)Cc1ccccc1-2.c1ccccc1. The highest BCUT2D eigenvalue weighted by molar-refractivity contribution is 5.76. The van der Waals surface area contributed by atoms with E-state index >= 15 is 0 Å². The summed E-state index contributed by atoms with van der Waals surface area (Å²) in [7, 11) is 0. The maximum Gasteiger partial charge on any atom is -0.00135 e. The van der Waals surface area contributed by atoms with Crippen LogP contribution in [0, 0.1) is 0 Å². The monoisotopic (exact) mass is 334 g/mol. The van der Waals surface area contributed by atoms with E-state index in [0.717, 1.165) is 6.42 Å². The first-order valence-corrected chi connectivity index (χ1v) is 9.61. The van der Waals surface area contributed by atoms with Crippen LogP contribution in [0.3, 0.4) is 0 Å². The lowest BCUT2D eigenvalue weighted by Gasteiger charge is -1.98. The fourth-order valence-corrected chi connectivity index (χ4v) is 2.46. The molecule has 0 radical (unpaired) electrons. The summed E-state index contributed by atoms with van der Waals surface area (Å²) in [6.45, 7) is 12.0. The number of fused-ring (bicyclic) bond motifs is 3. The van der Waals surface area contributed by atoms with E-state index in [1.165, 1.54) is 22.3 Å². The molecule has 0 aromatic heterocycles. The Kier molecular flexibility index (Phi) is 13.8. The van der Waals surface area contributed by atoms with Gasteiger partial charge in [0.1, 0.15) is 0 Å². The third kappa shape index (κ3) is 7.39. The summed E-state index contributed by atoms with van der Waals surface area (Å²) in [5.41, 5.74) is 5.75. The number of hydrogen-bond donors (Lipinski definition) is 0. The van der Waals surface area contributed by atoms with Gasteiger partial charge in [-0.15, -0.1) is 0 Å². The lowest BCUT2D eigenvalue weighted by Crippen LogP contribution is -1.77. The Morgan fingerprint density at radius 1 is 0.400 bits per heavy atom. The Morgan fingerprint density at radius 3 is 1.00 bits per heavy atom. The molecule has 0 N–H and O–H groups in total. The van der Waals surface area contributed by atoms with Gasteiger partial charge in [-0.2, -0.15) is 0 Å². The zero-order valence-corrected chi connectivity index (χ0v) is 16.8. The topological polar surface area (TPSA) is 0 Å². The first kappa shape index (κ1) is 22.7. The molecule has 0 saturated carbocycles. The first-order chi connectivity index (χ1) is 12.4. The van der Waals surface area contributed by atoms with E-state index in [-0.39, 0.29) is 0 Å². The lowest BCUT2D eigenvalue weighted by atomic mass is 10.1. The fourth-order valence-electron chi connectivity index (χ4n) is 2.46. The van der Waals surface area contributed by atoms with Crippen LogP contribution in [0.2, 0.25) is 0 Å². The molecule has 0 amide bonds. The predicted molar refractivity (Wildman–Crippen MR) is 115 cm³/mol. The minimum Gasteiger partial charge on any atom is -0.0683 e. The van der Waals surface area contributed by atoms with Crippen LogP contribution in [-0.4, -0.2) is 0 Å². The van der Waals surface area contributed by atoms with Crippen LogP contribution in [-0.2, 0) is 6.42 Å². The lowest BCUT2D eigenvalue weighted by molar-refractivity contribution is 1.26. The molecule has 1 aliphatic rings. The van der Waals surface area contributed by atoms with Crippen LogP contribution in [0.4, 0.5) is 0 Å². The van der Waals surface area contributed by atoms with Gasteiger partial charge in [0.25, 0.3) is 0 Å². The van der Waals surface area contributed by atoms with Crippen LogP contribution < -0.4 is 0 Å². The van der Waals surface area contributed by atoms with Crippen molar-refractivity contribution in [1.82, 2.24) is 0 Å². The smallest absolute Gasteiger partial charge is 0.00135 e. The van der Waals surface area contributed by atoms with Crippen LogP contribution >= 0.6 is 0 Å². The summed E-state index contributed by atoms with van der Waals surface area (Å²) in [4.78, 5) is 0. The molecule has 3 aromatic carbocycles. The normalized spacial score (nSPS) is 9.04. The molecule has 25 heavy (non-hydrogen) atoms. The summed E-state index contributed by atoms with van der Waals surface area (Å²) in [5.74, 6) is 0. The maximum atomic E-state index is 2.22. The Bertz CT molecular complexity index is 583. The average molecular weight is 335 g/mol. The van der Waals surface area contributed by atoms with Crippen LogP contribution in [0.5, 0.6) is 0 Å². The minimum atomic E-state index is 1.10. The molecule has 0 nitrogen and oxygen atoms in total. The van der Waals surface area contributed by atoms with E-state index in [1.54, 1.807) is 0 Å². The van der Waals surface area contributed by atoms with Gasteiger partial charge >= 0.3 is 0 Å². The van der Waals surface area contributed by atoms with E-state index in [9.17, 15) is 0 Å². The summed E-state index contributed by atoms with van der Waals surface area (Å²) in [6.07, 6.45) is 1.10. The molecule has 1 aliphatic carbocycles. The third-order valence-corrected chi connectivity index (χ3v) is 3.37. The second-order valence-electron chi connectivity index (χ2n) is 4.65. The van der Waals surface area contributed by atoms with Crippen LogP contribution in [0.15, 0.2) is 84.9 Å². The van der Waals surface area contributed by atoms with Gasteiger partial charge in [0.05, 0.1) is 0 Å². The predicted octanol–water partition coefficient (Wildman–Crippen LogP) is 8.02. The maximum absolute atomic E-state index is 2.22. The Hall–Kier alpha value is -2.34. The van der Waals surface area contributed by atoms with Gasteiger partial charge in [0, 0.05) is 0 Å². The van der Waals surface area contributed by atoms with Crippen molar-refractivity contribution in [3.8, 4) is 11.1 Å². The number of rotatable bonds is 0. The van der Waals surface area contributed by atoms with Crippen LogP contribution in [0.1, 0.15) is 52.7 Å². The van der Waals surface area contributed by atoms with Crippen molar-refractivity contribution in [3.63, 3.8) is 0 Å². The number of hydrogen-bond acceptors (Lipinski definition) is 0. The van der Waals surface area contributed by atoms with Gasteiger partial charge in [-0.25, -0.2) is 0 Å². The van der Waals surface area contributed by atoms with Gasteiger partial charge < -0.3 is 0 Å². The molecule has 134 valence electrons. The van der Waals surface area contributed by atoms with Crippen molar-refractivity contribution < 1.29 is 0 Å². The van der Waals surface area contributed by atoms with Crippen molar-refractivity contribution in [2.24, 2.45) is 0 Å². The highest BCUT2D eigenvalue weighted by Gasteiger charge is 2.15. The van der Waals surface area contributed by atoms with Crippen molar-refractivity contribution >= 4 is 0 Å². The van der Waals surface area contributed by atoms with Gasteiger partial charge in [-0.1, -0.05) is 126 Å². The molecule has 0 bridgehead atoms. The Morgan fingerprint density at radius 2 is 0.680 bits per heavy atom. The molecular formula is C25H34. The Labute approximate surface area is 155 Å². The van der Waals surface area contributed by atoms with E-state index in [1.807, 2.05) is 77.9 Å². The molecule has 0 atom stereocenters. The largest absolute Gasteiger partial charge is 0.0683 e. The van der Waals surface area contributed by atoms with E-state index in [0.29, 0.717) is 0 Å². The second kappa shape index (κ2) is 15.2. The molecule has 0 saturated heterocycles. The first-order valence-electron chi connectivity index (χ1n) is 9.61. The quantitative estimate of drug-likeness (QED) is 0.305. The molecule has 0 unspecified atom stereocenters. The Balaban J connectivity index is 0.000000407. The zero-order valence-electron chi connectivity index (χ0n) is 16.8. The summed E-state index contributed by atoms with van der Waals surface area (Å²) in [5, 5.41) is 0. The summed E-state index contributed by atoms with van der Waals surface area (Å²) < 4.78 is 0. The highest BCUT2D eigenvalue weighted by atomic mass is 14.2. The molecular weight excluding hydrogens is 300 g/mol. The van der Waals surface area contributed by atoms with Crippen LogP contribution in [0.25, 0.3) is 11.1 Å². The van der Waals surface area contributed by atoms with Gasteiger partial charge in [0.15, 0.2) is 0 Å². The second-order valence-corrected chi connectivity index (χ2v) is 4.65. The van der Waals surface area contributed by atoms with E-state index in [2.05, 4.69) is 48.5 Å². The van der Waals surface area contributed by atoms with Crippen molar-refractivity contribution in [3.05, 3.63) is 96.1 Å². The molecule has 0 heterocycles. The summed E-state index contributed by atoms with van der Waals surface area (Å²) in [6, 6.07) is 29.3. The van der Waals surface area contributed by atoms with Gasteiger partial charge in [0.2, 0.25) is 0 Å². The standard InChI is InChI=1S/C13H10.C6H6.3C2H6/c1-3-7-12-10(5-1)9-11-6-2-4-8-13(11)12;1-2-4-6-5-3-1;3*1-2/h1-8H,9H2;1-6H;3*1-2H3. The molecule has 0 spiro atoms. The molecule has 3 aromatic rings. The van der Waals surface area contributed by atoms with Crippen molar-refractivity contribution in [2.75, 3.05) is 0 Å². The molecule has 4 rings (SSSR count). The average Bonchev–Trinajstić information content (AvgIpc) is 3.13. The van der Waals surface area contributed by atoms with Gasteiger partial charge in [-0.05, 0) is 28.7 Å².